The van der Waals surface area contributed by atoms with Crippen LogP contribution in [0, 0.1) is 6.92 Å². The molecule has 0 spiro atoms. The number of aromatic nitrogens is 1. The molecule has 0 aliphatic carbocycles. The summed E-state index contributed by atoms with van der Waals surface area (Å²) >= 11 is 9.77. The predicted molar refractivity (Wildman–Crippen MR) is 91.7 cm³/mol. The van der Waals surface area contributed by atoms with Crippen LogP contribution in [-0.2, 0) is 0 Å². The normalized spacial score (nSPS) is 12.6. The Bertz CT molecular complexity index is 817. The highest BCUT2D eigenvalue weighted by atomic mass is 79.9. The summed E-state index contributed by atoms with van der Waals surface area (Å²) in [6.07, 6.45) is 0. The summed E-state index contributed by atoms with van der Waals surface area (Å²) in [4.78, 5) is 4.69. The second kappa shape index (κ2) is 5.76. The maximum atomic E-state index is 6.38. The predicted octanol–water partition coefficient (Wildman–Crippen LogP) is 5.01. The molecular formula is C17H14BrClN2. The first-order valence-corrected chi connectivity index (χ1v) is 7.80. The molecule has 0 fully saturated rings. The SMILES string of the molecule is Cc1ccc(C(N)c2nc3ccccc3cc2Br)cc1Cl. The molecule has 2 N–H and O–H groups in total. The molecule has 1 atom stereocenters. The van der Waals surface area contributed by atoms with Gasteiger partial charge in [0.05, 0.1) is 17.3 Å². The molecule has 1 unspecified atom stereocenters. The van der Waals surface area contributed by atoms with E-state index in [2.05, 4.69) is 20.9 Å². The van der Waals surface area contributed by atoms with Crippen LogP contribution in [0.25, 0.3) is 10.9 Å². The highest BCUT2D eigenvalue weighted by Crippen LogP contribution is 2.30. The van der Waals surface area contributed by atoms with Crippen molar-refractivity contribution < 1.29 is 0 Å². The number of fused-ring (bicyclic) bond motifs is 1. The number of hydrogen-bond acceptors (Lipinski definition) is 2. The Morgan fingerprint density at radius 1 is 1.14 bits per heavy atom. The topological polar surface area (TPSA) is 38.9 Å². The number of nitrogens with zero attached hydrogens (tertiary/aromatic N) is 1. The van der Waals surface area contributed by atoms with Crippen molar-refractivity contribution >= 4 is 38.4 Å². The van der Waals surface area contributed by atoms with Crippen molar-refractivity contribution in [1.82, 2.24) is 4.98 Å². The molecule has 106 valence electrons. The number of pyridine rings is 1. The minimum atomic E-state index is -0.318. The Balaban J connectivity index is 2.10. The number of aryl methyl sites for hydroxylation is 1. The largest absolute Gasteiger partial charge is 0.319 e. The second-order valence-electron chi connectivity index (χ2n) is 5.03. The lowest BCUT2D eigenvalue weighted by atomic mass is 10.0. The van der Waals surface area contributed by atoms with Crippen molar-refractivity contribution in [3.63, 3.8) is 0 Å². The lowest BCUT2D eigenvalue weighted by molar-refractivity contribution is 0.829. The molecule has 0 aliphatic heterocycles. The van der Waals surface area contributed by atoms with Gasteiger partial charge in [-0.25, -0.2) is 4.98 Å². The van der Waals surface area contributed by atoms with Crippen LogP contribution in [0.3, 0.4) is 0 Å². The average Bonchev–Trinajstić information content (AvgIpc) is 2.48. The smallest absolute Gasteiger partial charge is 0.0765 e. The van der Waals surface area contributed by atoms with E-state index in [9.17, 15) is 0 Å². The molecular weight excluding hydrogens is 348 g/mol. The summed E-state index contributed by atoms with van der Waals surface area (Å²) in [7, 11) is 0. The third-order valence-electron chi connectivity index (χ3n) is 3.55. The summed E-state index contributed by atoms with van der Waals surface area (Å²) in [5, 5.41) is 1.81. The highest BCUT2D eigenvalue weighted by molar-refractivity contribution is 9.10. The third kappa shape index (κ3) is 2.82. The summed E-state index contributed by atoms with van der Waals surface area (Å²) < 4.78 is 0.908. The number of halogens is 2. The Hall–Kier alpha value is -1.42. The fourth-order valence-corrected chi connectivity index (χ4v) is 3.05. The Kier molecular flexibility index (Phi) is 3.98. The summed E-state index contributed by atoms with van der Waals surface area (Å²) in [6, 6.07) is 15.6. The van der Waals surface area contributed by atoms with E-state index in [-0.39, 0.29) is 6.04 Å². The molecule has 0 aliphatic rings. The molecule has 0 saturated heterocycles. The third-order valence-corrected chi connectivity index (χ3v) is 4.60. The molecule has 3 aromatic rings. The van der Waals surface area contributed by atoms with Crippen molar-refractivity contribution in [2.75, 3.05) is 0 Å². The lowest BCUT2D eigenvalue weighted by Crippen LogP contribution is -2.14. The van der Waals surface area contributed by atoms with Crippen LogP contribution in [0.5, 0.6) is 0 Å². The van der Waals surface area contributed by atoms with Crippen molar-refractivity contribution in [3.05, 3.63) is 74.8 Å². The standard InChI is InChI=1S/C17H14BrClN2/c1-10-6-7-12(9-14(10)19)16(20)17-13(18)8-11-4-2-3-5-15(11)21-17/h2-9,16H,20H2,1H3. The van der Waals surface area contributed by atoms with Gasteiger partial charge in [0.1, 0.15) is 0 Å². The van der Waals surface area contributed by atoms with Crippen molar-refractivity contribution in [1.29, 1.82) is 0 Å². The minimum Gasteiger partial charge on any atom is -0.319 e. The molecule has 4 heteroatoms. The summed E-state index contributed by atoms with van der Waals surface area (Å²) in [5.41, 5.74) is 10.1. The number of hydrogen-bond donors (Lipinski definition) is 1. The van der Waals surface area contributed by atoms with Gasteiger partial charge in [-0.2, -0.15) is 0 Å². The maximum Gasteiger partial charge on any atom is 0.0765 e. The van der Waals surface area contributed by atoms with Gasteiger partial charge in [-0.15, -0.1) is 0 Å². The van der Waals surface area contributed by atoms with Crippen molar-refractivity contribution in [2.24, 2.45) is 5.73 Å². The van der Waals surface area contributed by atoms with E-state index in [0.717, 1.165) is 37.2 Å². The van der Waals surface area contributed by atoms with E-state index in [4.69, 9.17) is 17.3 Å². The zero-order valence-electron chi connectivity index (χ0n) is 11.5. The molecule has 2 aromatic carbocycles. The van der Waals surface area contributed by atoms with Gasteiger partial charge in [0.15, 0.2) is 0 Å². The van der Waals surface area contributed by atoms with Crippen LogP contribution >= 0.6 is 27.5 Å². The van der Waals surface area contributed by atoms with Crippen molar-refractivity contribution in [3.8, 4) is 0 Å². The fourth-order valence-electron chi connectivity index (χ4n) is 2.28. The quantitative estimate of drug-likeness (QED) is 0.697. The van der Waals surface area contributed by atoms with Crippen LogP contribution in [-0.4, -0.2) is 4.98 Å². The molecule has 0 bridgehead atoms. The van der Waals surface area contributed by atoms with Crippen LogP contribution in [0.15, 0.2) is 53.0 Å². The monoisotopic (exact) mass is 360 g/mol. The van der Waals surface area contributed by atoms with Crippen LogP contribution in [0.2, 0.25) is 5.02 Å². The number of para-hydroxylation sites is 1. The van der Waals surface area contributed by atoms with Gasteiger partial charge in [0, 0.05) is 14.9 Å². The van der Waals surface area contributed by atoms with Crippen LogP contribution in [0.1, 0.15) is 22.9 Å². The Morgan fingerprint density at radius 2 is 1.90 bits per heavy atom. The van der Waals surface area contributed by atoms with Crippen molar-refractivity contribution in [2.45, 2.75) is 13.0 Å². The van der Waals surface area contributed by atoms with E-state index < -0.39 is 0 Å². The Labute approximate surface area is 137 Å². The lowest BCUT2D eigenvalue weighted by Gasteiger charge is -2.15. The van der Waals surface area contributed by atoms with Gasteiger partial charge in [0.25, 0.3) is 0 Å². The Morgan fingerprint density at radius 3 is 2.67 bits per heavy atom. The van der Waals surface area contributed by atoms with E-state index in [1.54, 1.807) is 0 Å². The second-order valence-corrected chi connectivity index (χ2v) is 6.30. The molecule has 0 radical (unpaired) electrons. The van der Waals surface area contributed by atoms with Gasteiger partial charge >= 0.3 is 0 Å². The maximum absolute atomic E-state index is 6.38. The molecule has 0 amide bonds. The van der Waals surface area contributed by atoms with E-state index in [0.29, 0.717) is 0 Å². The zero-order valence-corrected chi connectivity index (χ0v) is 13.8. The molecule has 1 heterocycles. The minimum absolute atomic E-state index is 0.318. The van der Waals surface area contributed by atoms with Crippen LogP contribution in [0.4, 0.5) is 0 Å². The summed E-state index contributed by atoms with van der Waals surface area (Å²) in [6.45, 7) is 1.97. The van der Waals surface area contributed by atoms with Gasteiger partial charge in [-0.1, -0.05) is 41.9 Å². The van der Waals surface area contributed by atoms with Gasteiger partial charge in [-0.3, -0.25) is 0 Å². The van der Waals surface area contributed by atoms with E-state index >= 15 is 0 Å². The van der Waals surface area contributed by atoms with Gasteiger partial charge < -0.3 is 5.73 Å². The number of rotatable bonds is 2. The molecule has 0 saturated carbocycles. The summed E-state index contributed by atoms with van der Waals surface area (Å²) in [5.74, 6) is 0. The van der Waals surface area contributed by atoms with Gasteiger partial charge in [0.2, 0.25) is 0 Å². The molecule has 3 rings (SSSR count). The molecule has 1 aromatic heterocycles. The van der Waals surface area contributed by atoms with Crippen LogP contribution < -0.4 is 5.73 Å². The molecule has 2 nitrogen and oxygen atoms in total. The van der Waals surface area contributed by atoms with E-state index in [1.165, 1.54) is 0 Å². The van der Waals surface area contributed by atoms with Gasteiger partial charge in [-0.05, 0) is 52.2 Å². The number of nitrogens with two attached hydrogens (primary N) is 1. The zero-order chi connectivity index (χ0) is 15.0. The molecule has 21 heavy (non-hydrogen) atoms. The first kappa shape index (κ1) is 14.5. The van der Waals surface area contributed by atoms with E-state index in [1.807, 2.05) is 55.5 Å². The highest BCUT2D eigenvalue weighted by Gasteiger charge is 2.15. The number of benzene rings is 2. The fraction of sp³-hybridized carbons (Fsp3) is 0.118. The average molecular weight is 362 g/mol. The first-order chi connectivity index (χ1) is 10.1. The first-order valence-electron chi connectivity index (χ1n) is 6.63.